The van der Waals surface area contributed by atoms with Crippen LogP contribution in [-0.2, 0) is 19.1 Å². The van der Waals surface area contributed by atoms with Crippen molar-refractivity contribution < 1.29 is 37.8 Å². The van der Waals surface area contributed by atoms with Gasteiger partial charge < -0.3 is 44.6 Å². The third-order valence-electron chi connectivity index (χ3n) is 13.5. The molecule has 3 aliphatic heterocycles. The first-order chi connectivity index (χ1) is 34.3. The number of methoxy groups -OCH3 is 2. The fourth-order valence-corrected chi connectivity index (χ4v) is 10.8. The number of rotatable bonds is 12. The molecule has 5 aromatic heterocycles. The van der Waals surface area contributed by atoms with E-state index in [0.717, 1.165) is 39.9 Å². The van der Waals surface area contributed by atoms with Crippen LogP contribution in [0.25, 0.3) is 55.4 Å². The number of ether oxygens (including phenoxy) is 3. The fraction of sp³-hybridized carbons (Fsp3) is 0.380. The number of carbonyl (C=O) groups excluding carboxylic acids is 4. The van der Waals surface area contributed by atoms with Crippen LogP contribution in [0.3, 0.4) is 0 Å². The number of likely N-dealkylation sites (tertiary alicyclic amines) is 2. The molecule has 71 heavy (non-hydrogen) atoms. The number of hydrogen-bond donors (Lipinski definition) is 4. The van der Waals surface area contributed by atoms with Gasteiger partial charge in [0.05, 0.1) is 71.7 Å². The van der Waals surface area contributed by atoms with Gasteiger partial charge in [-0.2, -0.15) is 0 Å². The Morgan fingerprint density at radius 3 is 2.14 bits per heavy atom. The molecule has 8 heterocycles. The number of thiazole rings is 1. The lowest BCUT2D eigenvalue weighted by Crippen LogP contribution is -2.51. The van der Waals surface area contributed by atoms with E-state index in [1.54, 1.807) is 53.0 Å². The lowest BCUT2D eigenvalue weighted by atomic mass is 10.0. The zero-order chi connectivity index (χ0) is 49.7. The van der Waals surface area contributed by atoms with Crippen LogP contribution in [0.1, 0.15) is 88.2 Å². The molecule has 2 saturated heterocycles. The van der Waals surface area contributed by atoms with Gasteiger partial charge in [0, 0.05) is 54.4 Å². The van der Waals surface area contributed by atoms with E-state index in [0.29, 0.717) is 71.0 Å². The molecule has 0 radical (unpaired) electrons. The van der Waals surface area contributed by atoms with Crippen LogP contribution in [0, 0.1) is 17.7 Å². The number of carbonyl (C=O) groups is 4. The lowest BCUT2D eigenvalue weighted by Gasteiger charge is -2.30. The monoisotopic (exact) mass is 984 g/mol. The first-order valence-corrected chi connectivity index (χ1v) is 24.4. The van der Waals surface area contributed by atoms with Crippen molar-refractivity contribution in [2.45, 2.75) is 83.8 Å². The van der Waals surface area contributed by atoms with Crippen LogP contribution in [0.2, 0.25) is 0 Å². The number of H-pyrrole nitrogens is 2. The summed E-state index contributed by atoms with van der Waals surface area (Å²) in [7, 11) is 2.53. The van der Waals surface area contributed by atoms with Gasteiger partial charge in [-0.1, -0.05) is 33.8 Å². The van der Waals surface area contributed by atoms with Crippen LogP contribution >= 0.6 is 11.3 Å². The first-order valence-electron chi connectivity index (χ1n) is 23.6. The summed E-state index contributed by atoms with van der Waals surface area (Å²) in [5.74, 6) is 0.187. The van der Waals surface area contributed by atoms with Gasteiger partial charge in [-0.05, 0) is 67.9 Å². The SMILES string of the molecule is COC(=O)N[C@H](C(=O)N1CCC[C@H]1c1nc(-c2cc(F)c3c(c2)OC(c2cnc(-c4cnccn4)s2)n2c-3cc3cc(-c4cnc([C@@H]5CCCN5C(=O)[C@@H](NC(=O)OC)C(C)C)[nH]4)ccc32)c[nH]1)C(C)C. The minimum Gasteiger partial charge on any atom is -0.464 e. The third kappa shape index (κ3) is 8.82. The third-order valence-corrected chi connectivity index (χ3v) is 14.5. The van der Waals surface area contributed by atoms with E-state index in [9.17, 15) is 19.2 Å². The van der Waals surface area contributed by atoms with E-state index in [1.165, 1.54) is 31.6 Å². The molecular formula is C50H53FN12O7S. The van der Waals surface area contributed by atoms with Gasteiger partial charge in [0.25, 0.3) is 0 Å². The Hall–Kier alpha value is -7.68. The number of imidazole rings is 2. The molecular weight excluding hydrogens is 932 g/mol. The average Bonchev–Trinajstić information content (AvgIpc) is 4.24. The second-order valence-corrected chi connectivity index (χ2v) is 19.6. The number of halogens is 1. The Balaban J connectivity index is 0.983. The van der Waals surface area contributed by atoms with E-state index in [1.807, 2.05) is 56.5 Å². The molecule has 4 N–H and O–H groups in total. The zero-order valence-corrected chi connectivity index (χ0v) is 40.8. The molecule has 5 atom stereocenters. The second-order valence-electron chi connectivity index (χ2n) is 18.6. The van der Waals surface area contributed by atoms with Gasteiger partial charge in [-0.25, -0.2) is 28.9 Å². The molecule has 0 saturated carbocycles. The second kappa shape index (κ2) is 19.3. The summed E-state index contributed by atoms with van der Waals surface area (Å²) < 4.78 is 35.4. The summed E-state index contributed by atoms with van der Waals surface area (Å²) >= 11 is 1.40. The van der Waals surface area contributed by atoms with Crippen molar-refractivity contribution in [2.24, 2.45) is 11.8 Å². The van der Waals surface area contributed by atoms with E-state index < -0.39 is 36.3 Å². The normalized spacial score (nSPS) is 18.3. The van der Waals surface area contributed by atoms with Crippen LogP contribution < -0.4 is 15.4 Å². The number of hydrogen-bond acceptors (Lipinski definition) is 13. The molecule has 2 aromatic carbocycles. The Kier molecular flexibility index (Phi) is 12.8. The number of fused-ring (bicyclic) bond motifs is 5. The van der Waals surface area contributed by atoms with Crippen molar-refractivity contribution >= 4 is 46.2 Å². The summed E-state index contributed by atoms with van der Waals surface area (Å²) in [6, 6.07) is 8.89. The van der Waals surface area contributed by atoms with Gasteiger partial charge in [0.2, 0.25) is 18.0 Å². The number of aromatic nitrogens is 8. The number of amides is 4. The lowest BCUT2D eigenvalue weighted by molar-refractivity contribution is -0.136. The van der Waals surface area contributed by atoms with Gasteiger partial charge in [-0.15, -0.1) is 11.3 Å². The van der Waals surface area contributed by atoms with Gasteiger partial charge in [0.15, 0.2) is 0 Å². The number of aromatic amines is 2. The highest BCUT2D eigenvalue weighted by Crippen LogP contribution is 2.48. The average molecular weight is 985 g/mol. The highest BCUT2D eigenvalue weighted by Gasteiger charge is 2.40. The first kappa shape index (κ1) is 47.0. The van der Waals surface area contributed by atoms with Crippen molar-refractivity contribution in [3.8, 4) is 50.2 Å². The van der Waals surface area contributed by atoms with Crippen LogP contribution in [0.15, 0.2) is 73.6 Å². The standard InChI is InChI=1S/C50H53FN12O7S/c1-25(2)41(59-49(66)68-5)46(64)61-15-7-9-35(61)43-54-22-31(57-43)27-11-12-34-29(17-27)19-37-40-30(51)18-28(20-38(40)70-48(63(34)37)39-24-56-45(71-39)33-21-52-13-14-53-33)32-23-55-44(58-32)36-10-8-16-62(36)47(65)42(26(3)4)60-50(67)69-6/h11-14,17-26,35-36,41-42,48H,7-10,15-16H2,1-6H3,(H,54,57)(H,55,58)(H,59,66)(H,60,67)/t35-,36-,41-,42-,48?/m0/s1. The van der Waals surface area contributed by atoms with Crippen LogP contribution in [0.4, 0.5) is 14.0 Å². The predicted octanol–water partition coefficient (Wildman–Crippen LogP) is 8.17. The molecule has 0 aliphatic carbocycles. The number of alkyl carbamates (subject to hydrolysis) is 2. The molecule has 10 rings (SSSR count). The van der Waals surface area contributed by atoms with E-state index in [4.69, 9.17) is 29.2 Å². The van der Waals surface area contributed by atoms with Gasteiger partial charge in [0.1, 0.15) is 46.0 Å². The van der Waals surface area contributed by atoms with Crippen molar-refractivity contribution in [2.75, 3.05) is 27.3 Å². The summed E-state index contributed by atoms with van der Waals surface area (Å²) in [5, 5.41) is 6.84. The maximum absolute atomic E-state index is 17.0. The summed E-state index contributed by atoms with van der Waals surface area (Å²) in [6.45, 7) is 8.49. The molecule has 19 nitrogen and oxygen atoms in total. The molecule has 0 spiro atoms. The molecule has 0 bridgehead atoms. The van der Waals surface area contributed by atoms with Crippen molar-refractivity contribution in [1.29, 1.82) is 0 Å². The Labute approximate surface area is 411 Å². The van der Waals surface area contributed by atoms with Gasteiger partial charge in [-0.3, -0.25) is 24.1 Å². The van der Waals surface area contributed by atoms with Crippen molar-refractivity contribution in [3.05, 3.63) is 95.9 Å². The maximum Gasteiger partial charge on any atom is 0.407 e. The number of nitrogens with one attached hydrogen (secondary N) is 4. The quantitative estimate of drug-likeness (QED) is 0.0909. The molecule has 7 aromatic rings. The minimum absolute atomic E-state index is 0.167. The van der Waals surface area contributed by atoms with Crippen molar-refractivity contribution in [3.63, 3.8) is 0 Å². The van der Waals surface area contributed by atoms with Gasteiger partial charge >= 0.3 is 12.2 Å². The molecule has 3 aliphatic rings. The Morgan fingerprint density at radius 2 is 1.49 bits per heavy atom. The topological polar surface area (TPSA) is 227 Å². The van der Waals surface area contributed by atoms with Crippen LogP contribution in [0.5, 0.6) is 5.75 Å². The predicted molar refractivity (Wildman–Crippen MR) is 260 cm³/mol. The molecule has 1 unspecified atom stereocenters. The zero-order valence-electron chi connectivity index (χ0n) is 39.9. The molecule has 368 valence electrons. The van der Waals surface area contributed by atoms with Crippen LogP contribution in [-0.4, -0.2) is 113 Å². The van der Waals surface area contributed by atoms with E-state index in [2.05, 4.69) is 30.6 Å². The smallest absolute Gasteiger partial charge is 0.407 e. The minimum atomic E-state index is -0.789. The fourth-order valence-electron chi connectivity index (χ4n) is 9.90. The molecule has 4 amide bonds. The summed E-state index contributed by atoms with van der Waals surface area (Å²) in [4.78, 5) is 86.0. The highest BCUT2D eigenvalue weighted by atomic mass is 32.1. The highest BCUT2D eigenvalue weighted by molar-refractivity contribution is 7.15. The summed E-state index contributed by atoms with van der Waals surface area (Å²) in [6.07, 6.45) is 10.8. The Morgan fingerprint density at radius 1 is 0.803 bits per heavy atom. The largest absolute Gasteiger partial charge is 0.464 e. The summed E-state index contributed by atoms with van der Waals surface area (Å²) in [5.41, 5.74) is 4.77. The molecule has 21 heteroatoms. The van der Waals surface area contributed by atoms with E-state index >= 15 is 4.39 Å². The van der Waals surface area contributed by atoms with Crippen molar-refractivity contribution in [1.82, 2.24) is 59.9 Å². The Bertz CT molecular complexity index is 3150. The number of benzene rings is 2. The molecule has 2 fully saturated rings. The number of nitrogens with zero attached hydrogens (tertiary/aromatic N) is 8. The maximum atomic E-state index is 17.0. The van der Waals surface area contributed by atoms with E-state index in [-0.39, 0.29) is 41.3 Å².